The van der Waals surface area contributed by atoms with E-state index in [4.69, 9.17) is 14.2 Å². The van der Waals surface area contributed by atoms with E-state index < -0.39 is 11.9 Å². The number of benzene rings is 2. The highest BCUT2D eigenvalue weighted by Gasteiger charge is 2.19. The number of hydrogen-bond acceptors (Lipinski definition) is 6. The lowest BCUT2D eigenvalue weighted by Gasteiger charge is -2.09. The van der Waals surface area contributed by atoms with E-state index in [1.54, 1.807) is 43.3 Å². The predicted molar refractivity (Wildman–Crippen MR) is 115 cm³/mol. The number of aromatic nitrogens is 1. The summed E-state index contributed by atoms with van der Waals surface area (Å²) in [5, 5.41) is 0. The summed E-state index contributed by atoms with van der Waals surface area (Å²) in [6.07, 6.45) is 1.72. The van der Waals surface area contributed by atoms with Crippen molar-refractivity contribution in [2.24, 2.45) is 4.99 Å². The maximum Gasteiger partial charge on any atom is 0.338 e. The lowest BCUT2D eigenvalue weighted by Crippen LogP contribution is -2.17. The van der Waals surface area contributed by atoms with Gasteiger partial charge in [-0.1, -0.05) is 23.5 Å². The highest BCUT2D eigenvalue weighted by Crippen LogP contribution is 2.29. The average molecular weight is 426 g/mol. The molecule has 0 aliphatic heterocycles. The van der Waals surface area contributed by atoms with Crippen molar-refractivity contribution >= 4 is 33.4 Å². The number of esters is 1. The number of amides is 1. The third-order valence-electron chi connectivity index (χ3n) is 4.34. The number of rotatable bonds is 7. The topological polar surface area (TPSA) is 79.1 Å². The first-order chi connectivity index (χ1) is 14.5. The van der Waals surface area contributed by atoms with Crippen molar-refractivity contribution in [2.75, 3.05) is 20.8 Å². The van der Waals surface area contributed by atoms with Crippen LogP contribution in [0.3, 0.4) is 0 Å². The molecule has 0 unspecified atom stereocenters. The van der Waals surface area contributed by atoms with Gasteiger partial charge in [0.25, 0.3) is 5.91 Å². The summed E-state index contributed by atoms with van der Waals surface area (Å²) in [5.41, 5.74) is 1.53. The molecule has 30 heavy (non-hydrogen) atoms. The molecule has 0 aliphatic rings. The number of ether oxygens (including phenoxy) is 3. The van der Waals surface area contributed by atoms with Crippen LogP contribution in [0, 0.1) is 0 Å². The van der Waals surface area contributed by atoms with Crippen LogP contribution in [0.15, 0.2) is 54.0 Å². The van der Waals surface area contributed by atoms with Gasteiger partial charge in [-0.3, -0.25) is 4.79 Å². The molecule has 0 radical (unpaired) electrons. The van der Waals surface area contributed by atoms with Crippen LogP contribution < -0.4 is 14.3 Å². The molecule has 0 spiro atoms. The third-order valence-corrected chi connectivity index (χ3v) is 5.39. The van der Waals surface area contributed by atoms with Crippen molar-refractivity contribution in [3.63, 3.8) is 0 Å². The molecule has 1 aromatic heterocycles. The van der Waals surface area contributed by atoms with Gasteiger partial charge in [0.2, 0.25) is 0 Å². The zero-order valence-electron chi connectivity index (χ0n) is 17.0. The van der Waals surface area contributed by atoms with Crippen LogP contribution in [-0.2, 0) is 11.3 Å². The van der Waals surface area contributed by atoms with Gasteiger partial charge in [-0.2, -0.15) is 4.99 Å². The quantitative estimate of drug-likeness (QED) is 0.424. The van der Waals surface area contributed by atoms with Crippen molar-refractivity contribution in [1.29, 1.82) is 0 Å². The van der Waals surface area contributed by atoms with E-state index in [-0.39, 0.29) is 5.56 Å². The van der Waals surface area contributed by atoms with Crippen molar-refractivity contribution in [1.82, 2.24) is 4.57 Å². The predicted octanol–water partition coefficient (Wildman–Crippen LogP) is 3.82. The molecular weight excluding hydrogens is 404 g/mol. The maximum atomic E-state index is 13.0. The summed E-state index contributed by atoms with van der Waals surface area (Å²) >= 11 is 1.30. The molecule has 1 amide bonds. The minimum absolute atomic E-state index is 0.248. The van der Waals surface area contributed by atoms with E-state index in [2.05, 4.69) is 11.6 Å². The average Bonchev–Trinajstić information content (AvgIpc) is 3.09. The minimum atomic E-state index is -0.487. The summed E-state index contributed by atoms with van der Waals surface area (Å²) in [5.74, 6) is -0.121. The van der Waals surface area contributed by atoms with E-state index in [9.17, 15) is 9.59 Å². The molecule has 0 bridgehead atoms. The first kappa shape index (κ1) is 21.3. The van der Waals surface area contributed by atoms with E-state index >= 15 is 0 Å². The maximum absolute atomic E-state index is 13.0. The molecule has 156 valence electrons. The molecular formula is C22H22N2O5S. The van der Waals surface area contributed by atoms with Crippen LogP contribution in [0.2, 0.25) is 0 Å². The Bertz CT molecular complexity index is 1150. The second kappa shape index (κ2) is 9.41. The highest BCUT2D eigenvalue weighted by molar-refractivity contribution is 7.16. The number of allylic oxidation sites excluding steroid dienone is 1. The van der Waals surface area contributed by atoms with E-state index in [0.29, 0.717) is 35.0 Å². The molecule has 1 heterocycles. The first-order valence-corrected chi connectivity index (χ1v) is 10.1. The van der Waals surface area contributed by atoms with Crippen LogP contribution >= 0.6 is 11.3 Å². The number of carbonyl (C=O) groups is 2. The number of methoxy groups -OCH3 is 2. The summed E-state index contributed by atoms with van der Waals surface area (Å²) in [6.45, 7) is 6.30. The molecule has 3 rings (SSSR count). The highest BCUT2D eigenvalue weighted by atomic mass is 32.1. The van der Waals surface area contributed by atoms with Crippen LogP contribution in [0.4, 0.5) is 0 Å². The fraction of sp³-hybridized carbons (Fsp3) is 0.227. The second-order valence-corrected chi connectivity index (χ2v) is 7.15. The van der Waals surface area contributed by atoms with Crippen molar-refractivity contribution in [2.45, 2.75) is 13.5 Å². The Morgan fingerprint density at radius 3 is 2.47 bits per heavy atom. The minimum Gasteiger partial charge on any atom is -0.496 e. The zero-order valence-corrected chi connectivity index (χ0v) is 17.8. The lowest BCUT2D eigenvalue weighted by molar-refractivity contribution is 0.0526. The van der Waals surface area contributed by atoms with Crippen molar-refractivity contribution in [3.05, 3.63) is 65.0 Å². The van der Waals surface area contributed by atoms with Gasteiger partial charge >= 0.3 is 5.97 Å². The van der Waals surface area contributed by atoms with Gasteiger partial charge in [0.1, 0.15) is 17.1 Å². The van der Waals surface area contributed by atoms with Crippen LogP contribution in [0.5, 0.6) is 11.5 Å². The Morgan fingerprint density at radius 2 is 1.87 bits per heavy atom. The molecule has 2 aromatic carbocycles. The Hall–Kier alpha value is -3.39. The smallest absolute Gasteiger partial charge is 0.338 e. The van der Waals surface area contributed by atoms with E-state index in [0.717, 1.165) is 10.2 Å². The largest absolute Gasteiger partial charge is 0.496 e. The monoisotopic (exact) mass is 426 g/mol. The van der Waals surface area contributed by atoms with Crippen molar-refractivity contribution in [3.8, 4) is 11.5 Å². The first-order valence-electron chi connectivity index (χ1n) is 9.25. The molecule has 0 saturated heterocycles. The van der Waals surface area contributed by atoms with Gasteiger partial charge in [0, 0.05) is 6.54 Å². The second-order valence-electron chi connectivity index (χ2n) is 6.14. The van der Waals surface area contributed by atoms with Gasteiger partial charge in [-0.05, 0) is 37.3 Å². The van der Waals surface area contributed by atoms with Gasteiger partial charge in [-0.15, -0.1) is 6.58 Å². The summed E-state index contributed by atoms with van der Waals surface area (Å²) in [4.78, 5) is 29.9. The van der Waals surface area contributed by atoms with Crippen LogP contribution in [0.25, 0.3) is 10.2 Å². The molecule has 0 aliphatic carbocycles. The number of fused-ring (bicyclic) bond motifs is 1. The molecule has 8 heteroatoms. The zero-order chi connectivity index (χ0) is 21.7. The normalized spacial score (nSPS) is 11.4. The molecule has 0 atom stereocenters. The lowest BCUT2D eigenvalue weighted by atomic mass is 10.1. The molecule has 0 N–H and O–H groups in total. The Kier molecular flexibility index (Phi) is 6.68. The molecule has 0 saturated carbocycles. The summed E-state index contributed by atoms with van der Waals surface area (Å²) in [7, 11) is 2.97. The Morgan fingerprint density at radius 1 is 1.17 bits per heavy atom. The number of thiazole rings is 1. The SMILES string of the molecule is C=CCn1c(=NC(=O)c2c(OC)cccc2OC)sc2cc(C(=O)OCC)ccc21. The molecule has 3 aromatic rings. The Balaban J connectivity index is 2.16. The fourth-order valence-electron chi connectivity index (χ4n) is 3.01. The van der Waals surface area contributed by atoms with Crippen molar-refractivity contribution < 1.29 is 23.8 Å². The van der Waals surface area contributed by atoms with Crippen LogP contribution in [-0.4, -0.2) is 37.3 Å². The third kappa shape index (κ3) is 4.13. The summed E-state index contributed by atoms with van der Waals surface area (Å²) < 4.78 is 18.4. The fourth-order valence-corrected chi connectivity index (χ4v) is 4.09. The van der Waals surface area contributed by atoms with Crippen LogP contribution in [0.1, 0.15) is 27.6 Å². The van der Waals surface area contributed by atoms with Gasteiger partial charge < -0.3 is 18.8 Å². The van der Waals surface area contributed by atoms with E-state index in [1.165, 1.54) is 25.6 Å². The van der Waals surface area contributed by atoms with Gasteiger partial charge in [0.15, 0.2) is 4.80 Å². The summed E-state index contributed by atoms with van der Waals surface area (Å²) in [6, 6.07) is 10.4. The molecule has 7 nitrogen and oxygen atoms in total. The molecule has 0 fully saturated rings. The number of hydrogen-bond donors (Lipinski definition) is 0. The van der Waals surface area contributed by atoms with Gasteiger partial charge in [0.05, 0.1) is 36.6 Å². The number of nitrogens with zero attached hydrogens (tertiary/aromatic N) is 2. The standard InChI is InChI=1S/C22H22N2O5S/c1-5-12-24-15-11-10-14(21(26)29-6-2)13-18(15)30-22(24)23-20(25)19-16(27-3)8-7-9-17(19)28-4/h5,7-11,13H,1,6,12H2,2-4H3. The van der Waals surface area contributed by atoms with E-state index in [1.807, 2.05) is 10.6 Å². The van der Waals surface area contributed by atoms with Gasteiger partial charge in [-0.25, -0.2) is 4.79 Å². The number of carbonyl (C=O) groups excluding carboxylic acids is 2. The Labute approximate surface area is 177 Å².